The van der Waals surface area contributed by atoms with E-state index in [0.29, 0.717) is 0 Å². The zero-order valence-corrected chi connectivity index (χ0v) is 29.2. The van der Waals surface area contributed by atoms with E-state index in [1.165, 1.54) is 36.1 Å². The Morgan fingerprint density at radius 3 is 2.21 bits per heavy atom. The molecule has 3 heterocycles. The zero-order chi connectivity index (χ0) is 30.2. The Bertz CT molecular complexity index is 2040. The normalized spacial score (nSPS) is 12.0. The van der Waals surface area contributed by atoms with Crippen LogP contribution in [0.15, 0.2) is 109 Å². The summed E-state index contributed by atoms with van der Waals surface area (Å²) < 4.78 is 10.8. The van der Waals surface area contributed by atoms with E-state index in [4.69, 9.17) is 1.37 Å². The predicted octanol–water partition coefficient (Wildman–Crippen LogP) is 10.3. The number of pyridine rings is 2. The van der Waals surface area contributed by atoms with Crippen LogP contribution in [-0.2, 0) is 20.1 Å². The van der Waals surface area contributed by atoms with Crippen LogP contribution in [-0.4, -0.2) is 18.0 Å². The number of hydrogen-bond donors (Lipinski definition) is 0. The molecule has 4 aromatic carbocycles. The number of fused-ring (bicyclic) bond motifs is 4. The molecule has 2 nitrogen and oxygen atoms in total. The van der Waals surface area contributed by atoms with Gasteiger partial charge in [0.25, 0.3) is 0 Å². The molecule has 7 aromatic rings. The van der Waals surface area contributed by atoms with Gasteiger partial charge in [-0.2, -0.15) is 11.3 Å². The average Bonchev–Trinajstić information content (AvgIpc) is 3.37. The minimum atomic E-state index is -1.23. The zero-order valence-electron chi connectivity index (χ0n) is 26.0. The van der Waals surface area contributed by atoms with Gasteiger partial charge in [-0.1, -0.05) is 86.9 Å². The molecule has 5 heteroatoms. The molecule has 1 radical (unpaired) electrons. The maximum Gasteiger partial charge on any atom is 0.0795 e. The maximum absolute atomic E-state index is 8.33. The molecule has 0 fully saturated rings. The molecule has 0 saturated carbocycles. The summed E-state index contributed by atoms with van der Waals surface area (Å²) in [5.74, 6) is -0.649. The fourth-order valence-electron chi connectivity index (χ4n) is 5.04. The first-order valence-corrected chi connectivity index (χ1v) is 18.6. The second-order valence-corrected chi connectivity index (χ2v) is 17.9. The first kappa shape index (κ1) is 29.6. The summed E-state index contributed by atoms with van der Waals surface area (Å²) >= 11 is 1.79. The van der Waals surface area contributed by atoms with E-state index < -0.39 is 14.0 Å². The molecule has 0 spiro atoms. The Morgan fingerprint density at radius 1 is 0.767 bits per heavy atom. The Labute approximate surface area is 274 Å². The first-order chi connectivity index (χ1) is 20.6. The summed E-state index contributed by atoms with van der Waals surface area (Å²) in [4.78, 5) is 9.11. The number of benzene rings is 4. The van der Waals surface area contributed by atoms with Gasteiger partial charge in [-0.15, -0.1) is 59.7 Å². The van der Waals surface area contributed by atoms with Crippen LogP contribution in [0.25, 0.3) is 53.5 Å². The Hall–Kier alpha value is -3.47. The predicted molar refractivity (Wildman–Crippen MR) is 184 cm³/mol. The van der Waals surface area contributed by atoms with Gasteiger partial charge in [-0.05, 0) is 61.5 Å². The smallest absolute Gasteiger partial charge is 0.0795 e. The molecule has 217 valence electrons. The van der Waals surface area contributed by atoms with Crippen LogP contribution in [0, 0.1) is 12.1 Å². The Morgan fingerprint density at radius 2 is 1.53 bits per heavy atom. The molecule has 0 aliphatic rings. The molecule has 7 rings (SSSR count). The monoisotopic (exact) mass is 772 g/mol. The molecule has 0 saturated heterocycles. The molecule has 0 N–H and O–H groups in total. The van der Waals surface area contributed by atoms with Gasteiger partial charge < -0.3 is 9.97 Å². The number of hydrogen-bond acceptors (Lipinski definition) is 3. The van der Waals surface area contributed by atoms with Gasteiger partial charge in [0.2, 0.25) is 0 Å². The Kier molecular flexibility index (Phi) is 8.97. The van der Waals surface area contributed by atoms with Crippen LogP contribution in [0.1, 0.15) is 26.7 Å². The van der Waals surface area contributed by atoms with Crippen LogP contribution in [0.3, 0.4) is 0 Å². The minimum Gasteiger partial charge on any atom is -0.305 e. The van der Waals surface area contributed by atoms with Gasteiger partial charge in [-0.25, -0.2) is 0 Å². The first-order valence-electron chi connectivity index (χ1n) is 14.7. The van der Waals surface area contributed by atoms with Gasteiger partial charge >= 0.3 is 0 Å². The summed E-state index contributed by atoms with van der Waals surface area (Å²) in [6.07, 6.45) is 3.82. The summed E-state index contributed by atoms with van der Waals surface area (Å²) in [5.41, 5.74) is 4.93. The molecule has 0 unspecified atom stereocenters. The third-order valence-corrected chi connectivity index (χ3v) is 10.7. The van der Waals surface area contributed by atoms with Crippen LogP contribution in [0.5, 0.6) is 0 Å². The molecule has 0 aliphatic carbocycles. The number of nitrogens with zero attached hydrogens (tertiary/aromatic N) is 2. The molecule has 0 amide bonds. The van der Waals surface area contributed by atoms with Crippen molar-refractivity contribution in [1.29, 1.82) is 0 Å². The second kappa shape index (κ2) is 13.0. The van der Waals surface area contributed by atoms with E-state index in [1.54, 1.807) is 17.5 Å². The van der Waals surface area contributed by atoms with Crippen molar-refractivity contribution in [2.75, 3.05) is 0 Å². The van der Waals surface area contributed by atoms with E-state index in [1.807, 2.05) is 62.5 Å². The minimum absolute atomic E-state index is 0. The molecular formula is C38H34IrN2SSi-2. The van der Waals surface area contributed by atoms with Crippen molar-refractivity contribution in [3.63, 3.8) is 0 Å². The fourth-order valence-corrected chi connectivity index (χ4v) is 7.32. The second-order valence-electron chi connectivity index (χ2n) is 11.8. The van der Waals surface area contributed by atoms with E-state index in [2.05, 4.69) is 96.3 Å². The molecule has 0 atom stereocenters. The standard InChI is InChI=1S/C24H18NS.C14H16NSi.Ir/c1-15(2)16-10-11-25-22(13-16)20-9-5-8-19-21-12-17-6-3-4-7-18(17)14-23(21)26-24(19)20;1-16(2,3)13-9-10-14(15-11-13)12-7-5-4-6-8-12;/h3-8,10-15H,1-2H3;4-7,9-11H,1-3H3;/q2*-1;/i15D;;. The third kappa shape index (κ3) is 6.71. The van der Waals surface area contributed by atoms with Gasteiger partial charge in [0.05, 0.1) is 8.07 Å². The maximum atomic E-state index is 8.33. The topological polar surface area (TPSA) is 25.8 Å². The summed E-state index contributed by atoms with van der Waals surface area (Å²) in [6, 6.07) is 40.0. The summed E-state index contributed by atoms with van der Waals surface area (Å²) in [6.45, 7) is 10.8. The van der Waals surface area contributed by atoms with E-state index >= 15 is 0 Å². The number of aromatic nitrogens is 2. The average molecular weight is 772 g/mol. The van der Waals surface area contributed by atoms with Crippen molar-refractivity contribution in [3.05, 3.63) is 127 Å². The Balaban J connectivity index is 0.000000194. The molecule has 43 heavy (non-hydrogen) atoms. The number of thiophene rings is 1. The van der Waals surface area contributed by atoms with Gasteiger partial charge in [0.15, 0.2) is 0 Å². The molecule has 0 bridgehead atoms. The van der Waals surface area contributed by atoms with Crippen LogP contribution >= 0.6 is 11.3 Å². The van der Waals surface area contributed by atoms with Crippen molar-refractivity contribution in [2.24, 2.45) is 0 Å². The van der Waals surface area contributed by atoms with E-state index in [-0.39, 0.29) is 20.1 Å². The van der Waals surface area contributed by atoms with Crippen LogP contribution in [0.4, 0.5) is 0 Å². The largest absolute Gasteiger partial charge is 0.305 e. The van der Waals surface area contributed by atoms with Crippen molar-refractivity contribution < 1.29 is 21.5 Å². The molecule has 3 aromatic heterocycles. The van der Waals surface area contributed by atoms with Crippen LogP contribution in [0.2, 0.25) is 19.6 Å². The van der Waals surface area contributed by atoms with Gasteiger partial charge in [0, 0.05) is 38.6 Å². The van der Waals surface area contributed by atoms with Crippen molar-refractivity contribution >= 4 is 55.5 Å². The van der Waals surface area contributed by atoms with E-state index in [0.717, 1.165) is 28.1 Å². The van der Waals surface area contributed by atoms with Crippen molar-refractivity contribution in [1.82, 2.24) is 9.97 Å². The molecule has 0 aliphatic heterocycles. The van der Waals surface area contributed by atoms with Gasteiger partial charge in [-0.3, -0.25) is 0 Å². The van der Waals surface area contributed by atoms with E-state index in [9.17, 15) is 0 Å². The SMILES string of the molecule is C[Si](C)(C)c1ccc(-c2[c-]cccc2)nc1.[2H]C(C)(C)c1ccnc(-c2[c-]ccc3c2sc2cc4ccccc4cc23)c1.[Ir]. The van der Waals surface area contributed by atoms with Crippen LogP contribution < -0.4 is 5.19 Å². The number of rotatable bonds is 4. The van der Waals surface area contributed by atoms with Crippen molar-refractivity contribution in [3.8, 4) is 22.5 Å². The third-order valence-electron chi connectivity index (χ3n) is 7.51. The summed E-state index contributed by atoms with van der Waals surface area (Å²) in [7, 11) is -1.23. The quantitative estimate of drug-likeness (QED) is 0.132. The molecular weight excluding hydrogens is 737 g/mol. The fraction of sp³-hybridized carbons (Fsp3) is 0.158. The van der Waals surface area contributed by atoms with Crippen molar-refractivity contribution in [2.45, 2.75) is 39.4 Å². The van der Waals surface area contributed by atoms with Gasteiger partial charge in [0.1, 0.15) is 0 Å². The summed E-state index contributed by atoms with van der Waals surface area (Å²) in [5, 5.41) is 6.44.